The van der Waals surface area contributed by atoms with Crippen molar-refractivity contribution >= 4 is 0 Å². The van der Waals surface area contributed by atoms with Crippen molar-refractivity contribution in [2.75, 3.05) is 33.3 Å². The van der Waals surface area contributed by atoms with Crippen LogP contribution in [0.3, 0.4) is 0 Å². The molecular weight excluding hydrogens is 264 g/mol. The number of hydrogen-bond donors (Lipinski definition) is 0. The van der Waals surface area contributed by atoms with Crippen LogP contribution in [0.5, 0.6) is 0 Å². The van der Waals surface area contributed by atoms with Gasteiger partial charge in [-0.3, -0.25) is 4.90 Å². The first-order valence-electron chi connectivity index (χ1n) is 8.34. The lowest BCUT2D eigenvalue weighted by atomic mass is 9.89. The summed E-state index contributed by atoms with van der Waals surface area (Å²) in [6, 6.07) is 2.74. The number of piperidine rings is 1. The number of fused-ring (bicyclic) bond motifs is 1. The summed E-state index contributed by atoms with van der Waals surface area (Å²) < 4.78 is 11.0. The minimum Gasteiger partial charge on any atom is -0.472 e. The summed E-state index contributed by atoms with van der Waals surface area (Å²) in [5.41, 5.74) is 1.30. The Labute approximate surface area is 127 Å². The molecule has 4 nitrogen and oxygen atoms in total. The molecule has 2 saturated heterocycles. The van der Waals surface area contributed by atoms with E-state index in [1.54, 1.807) is 6.26 Å². The number of nitrogens with zero attached hydrogens (tertiary/aromatic N) is 2. The Bertz CT molecular complexity index is 457. The first kappa shape index (κ1) is 13.8. The Morgan fingerprint density at radius 2 is 2.19 bits per heavy atom. The van der Waals surface area contributed by atoms with Gasteiger partial charge in [0.15, 0.2) is 0 Å². The zero-order valence-electron chi connectivity index (χ0n) is 12.9. The van der Waals surface area contributed by atoms with Crippen LogP contribution in [0.1, 0.15) is 24.8 Å². The molecule has 4 heteroatoms. The zero-order valence-corrected chi connectivity index (χ0v) is 12.9. The van der Waals surface area contributed by atoms with E-state index in [2.05, 4.69) is 15.9 Å². The molecule has 1 aliphatic carbocycles. The molecule has 3 heterocycles. The highest BCUT2D eigenvalue weighted by Crippen LogP contribution is 2.36. The summed E-state index contributed by atoms with van der Waals surface area (Å²) in [4.78, 5) is 5.34. The molecule has 2 aliphatic heterocycles. The number of hydrogen-bond acceptors (Lipinski definition) is 4. The van der Waals surface area contributed by atoms with Crippen LogP contribution in [-0.4, -0.2) is 55.2 Å². The van der Waals surface area contributed by atoms with E-state index in [4.69, 9.17) is 9.15 Å². The maximum Gasteiger partial charge on any atom is 0.0947 e. The topological polar surface area (TPSA) is 28.9 Å². The lowest BCUT2D eigenvalue weighted by molar-refractivity contribution is -0.0245. The van der Waals surface area contributed by atoms with Crippen molar-refractivity contribution in [1.82, 2.24) is 9.80 Å². The number of methoxy groups -OCH3 is 1. The number of likely N-dealkylation sites (tertiary alicyclic amines) is 2. The maximum absolute atomic E-state index is 5.79. The van der Waals surface area contributed by atoms with Gasteiger partial charge in [-0.05, 0) is 31.2 Å². The summed E-state index contributed by atoms with van der Waals surface area (Å²) in [6.45, 7) is 5.91. The van der Waals surface area contributed by atoms with Crippen LogP contribution in [-0.2, 0) is 11.3 Å². The number of ether oxygens (including phenoxy) is 1. The molecule has 1 aromatic heterocycles. The van der Waals surface area contributed by atoms with Crippen molar-refractivity contribution in [3.8, 4) is 0 Å². The molecule has 0 unspecified atom stereocenters. The van der Waals surface area contributed by atoms with Gasteiger partial charge >= 0.3 is 0 Å². The van der Waals surface area contributed by atoms with E-state index in [1.165, 1.54) is 38.0 Å². The van der Waals surface area contributed by atoms with Gasteiger partial charge in [0.25, 0.3) is 0 Å². The summed E-state index contributed by atoms with van der Waals surface area (Å²) in [5.74, 6) is 1.66. The first-order valence-corrected chi connectivity index (χ1v) is 8.34. The Morgan fingerprint density at radius 1 is 1.29 bits per heavy atom. The van der Waals surface area contributed by atoms with Gasteiger partial charge in [0.2, 0.25) is 0 Å². The molecule has 0 bridgehead atoms. The van der Waals surface area contributed by atoms with Crippen molar-refractivity contribution in [1.29, 1.82) is 0 Å². The molecule has 3 atom stereocenters. The van der Waals surface area contributed by atoms with E-state index >= 15 is 0 Å². The minimum atomic E-state index is 0.444. The van der Waals surface area contributed by atoms with Crippen molar-refractivity contribution in [3.63, 3.8) is 0 Å². The second-order valence-electron chi connectivity index (χ2n) is 7.06. The van der Waals surface area contributed by atoms with Crippen LogP contribution in [0.2, 0.25) is 0 Å². The average Bonchev–Trinajstić information content (AvgIpc) is 2.99. The molecule has 1 aromatic rings. The fraction of sp³-hybridized carbons (Fsp3) is 0.765. The van der Waals surface area contributed by atoms with Gasteiger partial charge in [-0.15, -0.1) is 0 Å². The number of rotatable bonds is 5. The Morgan fingerprint density at radius 3 is 2.90 bits per heavy atom. The highest BCUT2D eigenvalue weighted by molar-refractivity contribution is 5.08. The SMILES string of the molecule is CO[C@@H]1CCN(Cc2ccoc2)[C@H]2CN(CC3CC3)C[C@@H]12. The van der Waals surface area contributed by atoms with E-state index in [0.29, 0.717) is 18.1 Å². The fourth-order valence-electron chi connectivity index (χ4n) is 4.24. The van der Waals surface area contributed by atoms with Gasteiger partial charge in [0.05, 0.1) is 18.6 Å². The van der Waals surface area contributed by atoms with E-state index < -0.39 is 0 Å². The normalized spacial score (nSPS) is 34.2. The predicted octanol–water partition coefficient (Wildman–Crippen LogP) is 2.21. The van der Waals surface area contributed by atoms with E-state index in [1.807, 2.05) is 13.4 Å². The Kier molecular flexibility index (Phi) is 3.78. The van der Waals surface area contributed by atoms with Gasteiger partial charge in [0.1, 0.15) is 0 Å². The van der Waals surface area contributed by atoms with Crippen molar-refractivity contribution in [3.05, 3.63) is 24.2 Å². The highest BCUT2D eigenvalue weighted by atomic mass is 16.5. The molecule has 3 fully saturated rings. The first-order chi connectivity index (χ1) is 10.3. The maximum atomic E-state index is 5.79. The molecule has 0 amide bonds. The van der Waals surface area contributed by atoms with Crippen LogP contribution in [0.4, 0.5) is 0 Å². The quantitative estimate of drug-likeness (QED) is 0.831. The largest absolute Gasteiger partial charge is 0.472 e. The Hall–Kier alpha value is -0.840. The molecular formula is C17H26N2O2. The minimum absolute atomic E-state index is 0.444. The molecule has 0 N–H and O–H groups in total. The third-order valence-corrected chi connectivity index (χ3v) is 5.54. The van der Waals surface area contributed by atoms with Crippen LogP contribution < -0.4 is 0 Å². The molecule has 116 valence electrons. The summed E-state index contributed by atoms with van der Waals surface area (Å²) in [5, 5.41) is 0. The average molecular weight is 290 g/mol. The lowest BCUT2D eigenvalue weighted by Crippen LogP contribution is -2.50. The molecule has 3 aliphatic rings. The predicted molar refractivity (Wildman–Crippen MR) is 81.0 cm³/mol. The molecule has 21 heavy (non-hydrogen) atoms. The summed E-state index contributed by atoms with van der Waals surface area (Å²) in [6.07, 6.45) is 8.15. The monoisotopic (exact) mass is 290 g/mol. The van der Waals surface area contributed by atoms with Crippen molar-refractivity contribution in [2.45, 2.75) is 38.0 Å². The lowest BCUT2D eigenvalue weighted by Gasteiger charge is -2.41. The third-order valence-electron chi connectivity index (χ3n) is 5.54. The van der Waals surface area contributed by atoms with Gasteiger partial charge in [-0.2, -0.15) is 0 Å². The van der Waals surface area contributed by atoms with E-state index in [9.17, 15) is 0 Å². The van der Waals surface area contributed by atoms with Crippen LogP contribution in [0, 0.1) is 11.8 Å². The zero-order chi connectivity index (χ0) is 14.2. The summed E-state index contributed by atoms with van der Waals surface area (Å²) >= 11 is 0. The van der Waals surface area contributed by atoms with Crippen LogP contribution in [0.15, 0.2) is 23.0 Å². The number of furan rings is 1. The van der Waals surface area contributed by atoms with Gasteiger partial charge in [0, 0.05) is 57.4 Å². The highest BCUT2D eigenvalue weighted by Gasteiger charge is 2.45. The fourth-order valence-corrected chi connectivity index (χ4v) is 4.24. The molecule has 4 rings (SSSR count). The van der Waals surface area contributed by atoms with E-state index in [0.717, 1.165) is 25.4 Å². The van der Waals surface area contributed by atoms with Crippen LogP contribution >= 0.6 is 0 Å². The van der Waals surface area contributed by atoms with Gasteiger partial charge in [-0.25, -0.2) is 0 Å². The standard InChI is InChI=1S/C17H26N2O2/c1-20-17-4-6-19(9-14-5-7-21-12-14)16-11-18(10-15(16)17)8-13-2-3-13/h5,7,12-13,15-17H,2-4,6,8-11H2,1H3/t15-,16+,17-/m1/s1. The van der Waals surface area contributed by atoms with Crippen LogP contribution in [0.25, 0.3) is 0 Å². The van der Waals surface area contributed by atoms with Crippen molar-refractivity contribution in [2.24, 2.45) is 11.8 Å². The molecule has 0 aromatic carbocycles. The van der Waals surface area contributed by atoms with Gasteiger partial charge < -0.3 is 14.1 Å². The summed E-state index contributed by atoms with van der Waals surface area (Å²) in [7, 11) is 1.89. The Balaban J connectivity index is 1.45. The second kappa shape index (κ2) is 5.75. The smallest absolute Gasteiger partial charge is 0.0947 e. The second-order valence-corrected chi connectivity index (χ2v) is 7.06. The van der Waals surface area contributed by atoms with Gasteiger partial charge in [-0.1, -0.05) is 0 Å². The third kappa shape index (κ3) is 2.89. The van der Waals surface area contributed by atoms with E-state index in [-0.39, 0.29) is 0 Å². The molecule has 0 spiro atoms. The van der Waals surface area contributed by atoms with Crippen molar-refractivity contribution < 1.29 is 9.15 Å². The molecule has 1 saturated carbocycles. The molecule has 0 radical (unpaired) electrons.